The van der Waals surface area contributed by atoms with Gasteiger partial charge in [0.1, 0.15) is 0 Å². The van der Waals surface area contributed by atoms with Crippen molar-refractivity contribution >= 4 is 27.6 Å². The summed E-state index contributed by atoms with van der Waals surface area (Å²) in [6.07, 6.45) is 2.06. The normalized spacial score (nSPS) is 13.7. The number of rotatable bonds is 2. The molecule has 3 rings (SSSR count). The lowest BCUT2D eigenvalue weighted by molar-refractivity contribution is 0.245. The molecule has 1 N–H and O–H groups in total. The van der Waals surface area contributed by atoms with Crippen LogP contribution in [-0.2, 0) is 13.0 Å². The summed E-state index contributed by atoms with van der Waals surface area (Å²) in [4.78, 5) is 14.3. The van der Waals surface area contributed by atoms with E-state index in [0.717, 1.165) is 35.1 Å². The van der Waals surface area contributed by atoms with Crippen LogP contribution in [0.1, 0.15) is 17.5 Å². The number of hydrogen-bond acceptors (Lipinski definition) is 1. The second-order valence-electron chi connectivity index (χ2n) is 5.13. The highest BCUT2D eigenvalue weighted by Gasteiger charge is 2.21. The van der Waals surface area contributed by atoms with Gasteiger partial charge in [-0.15, -0.1) is 0 Å². The molecule has 21 heavy (non-hydrogen) atoms. The Morgan fingerprint density at radius 3 is 2.76 bits per heavy atom. The van der Waals surface area contributed by atoms with Gasteiger partial charge >= 0.3 is 6.03 Å². The van der Waals surface area contributed by atoms with Crippen LogP contribution in [0.4, 0.5) is 10.5 Å². The van der Waals surface area contributed by atoms with Crippen molar-refractivity contribution in [2.45, 2.75) is 19.4 Å². The number of nitrogens with one attached hydrogen (secondary N) is 1. The zero-order valence-electron chi connectivity index (χ0n) is 11.7. The van der Waals surface area contributed by atoms with Crippen molar-refractivity contribution < 1.29 is 4.79 Å². The van der Waals surface area contributed by atoms with E-state index in [1.807, 2.05) is 47.4 Å². The van der Waals surface area contributed by atoms with Crippen LogP contribution in [0.25, 0.3) is 0 Å². The average molecular weight is 345 g/mol. The number of hydrogen-bond donors (Lipinski definition) is 1. The van der Waals surface area contributed by atoms with Gasteiger partial charge in [-0.2, -0.15) is 0 Å². The smallest absolute Gasteiger partial charge is 0.322 e. The first-order chi connectivity index (χ1) is 10.3. The van der Waals surface area contributed by atoms with Crippen LogP contribution in [0.5, 0.6) is 0 Å². The number of anilines is 1. The zero-order valence-corrected chi connectivity index (χ0v) is 13.3. The van der Waals surface area contributed by atoms with Gasteiger partial charge in [0.15, 0.2) is 0 Å². The van der Waals surface area contributed by atoms with Gasteiger partial charge in [-0.1, -0.05) is 52.3 Å². The largest absolute Gasteiger partial charge is 0.334 e. The first-order valence-corrected chi connectivity index (χ1v) is 7.91. The van der Waals surface area contributed by atoms with Gasteiger partial charge in [0, 0.05) is 23.2 Å². The minimum atomic E-state index is -0.0297. The Morgan fingerprint density at radius 1 is 1.14 bits per heavy atom. The summed E-state index contributed by atoms with van der Waals surface area (Å²) < 4.78 is 1.02. The number of benzene rings is 2. The highest BCUT2D eigenvalue weighted by Crippen LogP contribution is 2.26. The topological polar surface area (TPSA) is 32.3 Å². The van der Waals surface area contributed by atoms with E-state index in [4.69, 9.17) is 0 Å². The molecule has 0 aromatic heterocycles. The van der Waals surface area contributed by atoms with Crippen LogP contribution < -0.4 is 10.2 Å². The lowest BCUT2D eigenvalue weighted by atomic mass is 10.0. The van der Waals surface area contributed by atoms with Crippen LogP contribution >= 0.6 is 15.9 Å². The molecule has 0 spiro atoms. The van der Waals surface area contributed by atoms with Crippen molar-refractivity contribution in [3.8, 4) is 0 Å². The predicted octanol–water partition coefficient (Wildman–Crippen LogP) is 4.11. The Balaban J connectivity index is 1.71. The molecule has 0 unspecified atom stereocenters. The Kier molecular flexibility index (Phi) is 4.25. The van der Waals surface area contributed by atoms with E-state index in [2.05, 4.69) is 27.3 Å². The second-order valence-corrected chi connectivity index (χ2v) is 5.99. The number of fused-ring (bicyclic) bond motifs is 1. The molecule has 2 amide bonds. The third-order valence-corrected chi connectivity index (χ3v) is 4.52. The van der Waals surface area contributed by atoms with Gasteiger partial charge in [-0.3, -0.25) is 4.90 Å². The Morgan fingerprint density at radius 2 is 1.90 bits per heavy atom. The van der Waals surface area contributed by atoms with Crippen LogP contribution in [0.2, 0.25) is 0 Å². The molecule has 0 fully saturated rings. The van der Waals surface area contributed by atoms with E-state index >= 15 is 0 Å². The Labute approximate surface area is 133 Å². The molecule has 0 saturated carbocycles. The van der Waals surface area contributed by atoms with E-state index in [-0.39, 0.29) is 6.03 Å². The average Bonchev–Trinajstić information content (AvgIpc) is 2.53. The maximum atomic E-state index is 12.4. The Hall–Kier alpha value is -1.81. The molecule has 2 aromatic carbocycles. The van der Waals surface area contributed by atoms with E-state index in [1.165, 1.54) is 5.56 Å². The van der Waals surface area contributed by atoms with E-state index in [0.29, 0.717) is 6.54 Å². The van der Waals surface area contributed by atoms with Crippen molar-refractivity contribution in [2.24, 2.45) is 0 Å². The third-order valence-electron chi connectivity index (χ3n) is 3.74. The first kappa shape index (κ1) is 14.1. The standard InChI is InChI=1S/C17H17BrN2O/c18-15-9-3-1-7-14(15)12-19-17(21)20-11-5-8-13-6-2-4-10-16(13)20/h1-4,6-7,9-10H,5,8,11-12H2,(H,19,21). The maximum Gasteiger partial charge on any atom is 0.322 e. The van der Waals surface area contributed by atoms with Crippen LogP contribution in [-0.4, -0.2) is 12.6 Å². The molecule has 1 aliphatic heterocycles. The van der Waals surface area contributed by atoms with Crippen molar-refractivity contribution in [1.82, 2.24) is 5.32 Å². The van der Waals surface area contributed by atoms with Crippen LogP contribution in [0.3, 0.4) is 0 Å². The van der Waals surface area contributed by atoms with Gasteiger partial charge in [0.25, 0.3) is 0 Å². The number of carbonyl (C=O) groups excluding carboxylic acids is 1. The number of nitrogens with zero attached hydrogens (tertiary/aromatic N) is 1. The molecule has 1 heterocycles. The molecule has 108 valence electrons. The molecule has 3 nitrogen and oxygen atoms in total. The zero-order chi connectivity index (χ0) is 14.7. The van der Waals surface area contributed by atoms with E-state index in [9.17, 15) is 4.79 Å². The summed E-state index contributed by atoms with van der Waals surface area (Å²) in [7, 11) is 0. The summed E-state index contributed by atoms with van der Waals surface area (Å²) >= 11 is 3.50. The van der Waals surface area contributed by atoms with Gasteiger partial charge < -0.3 is 5.32 Å². The highest BCUT2D eigenvalue weighted by molar-refractivity contribution is 9.10. The number of aryl methyl sites for hydroxylation is 1. The minimum absolute atomic E-state index is 0.0297. The van der Waals surface area contributed by atoms with E-state index < -0.39 is 0 Å². The summed E-state index contributed by atoms with van der Waals surface area (Å²) in [6, 6.07) is 16.0. The molecule has 2 aromatic rings. The molecular weight excluding hydrogens is 328 g/mol. The fraction of sp³-hybridized carbons (Fsp3) is 0.235. The number of urea groups is 1. The number of halogens is 1. The van der Waals surface area contributed by atoms with Crippen molar-refractivity contribution in [3.63, 3.8) is 0 Å². The first-order valence-electron chi connectivity index (χ1n) is 7.12. The fourth-order valence-corrected chi connectivity index (χ4v) is 3.08. The molecule has 0 bridgehead atoms. The SMILES string of the molecule is O=C(NCc1ccccc1Br)N1CCCc2ccccc21. The predicted molar refractivity (Wildman–Crippen MR) is 88.5 cm³/mol. The highest BCUT2D eigenvalue weighted by atomic mass is 79.9. The number of amides is 2. The van der Waals surface area contributed by atoms with Gasteiger partial charge in [-0.05, 0) is 36.1 Å². The quantitative estimate of drug-likeness (QED) is 0.873. The second kappa shape index (κ2) is 6.31. The molecule has 0 aliphatic carbocycles. The van der Waals surface area contributed by atoms with Crippen molar-refractivity contribution in [3.05, 3.63) is 64.1 Å². The number of para-hydroxylation sites is 1. The van der Waals surface area contributed by atoms with Crippen molar-refractivity contribution in [1.29, 1.82) is 0 Å². The summed E-state index contributed by atoms with van der Waals surface area (Å²) in [5.41, 5.74) is 3.37. The maximum absolute atomic E-state index is 12.4. The fourth-order valence-electron chi connectivity index (χ4n) is 2.65. The molecule has 0 atom stereocenters. The lowest BCUT2D eigenvalue weighted by Crippen LogP contribution is -2.42. The number of carbonyl (C=O) groups is 1. The molecular formula is C17H17BrN2O. The molecule has 0 radical (unpaired) electrons. The summed E-state index contributed by atoms with van der Waals surface area (Å²) in [5, 5.41) is 3.01. The van der Waals surface area contributed by atoms with Crippen molar-refractivity contribution in [2.75, 3.05) is 11.4 Å². The third kappa shape index (κ3) is 3.10. The summed E-state index contributed by atoms with van der Waals surface area (Å²) in [6.45, 7) is 1.30. The van der Waals surface area contributed by atoms with Gasteiger partial charge in [-0.25, -0.2) is 4.79 Å². The van der Waals surface area contributed by atoms with E-state index in [1.54, 1.807) is 0 Å². The minimum Gasteiger partial charge on any atom is -0.334 e. The van der Waals surface area contributed by atoms with Crippen LogP contribution in [0.15, 0.2) is 53.0 Å². The molecule has 4 heteroatoms. The monoisotopic (exact) mass is 344 g/mol. The lowest BCUT2D eigenvalue weighted by Gasteiger charge is -2.29. The van der Waals surface area contributed by atoms with Crippen LogP contribution in [0, 0.1) is 0 Å². The molecule has 0 saturated heterocycles. The van der Waals surface area contributed by atoms with Gasteiger partial charge in [0.05, 0.1) is 0 Å². The molecule has 1 aliphatic rings. The Bertz CT molecular complexity index is 657. The summed E-state index contributed by atoms with van der Waals surface area (Å²) in [5.74, 6) is 0. The van der Waals surface area contributed by atoms with Gasteiger partial charge in [0.2, 0.25) is 0 Å².